The van der Waals surface area contributed by atoms with Gasteiger partial charge in [-0.2, -0.15) is 0 Å². The summed E-state index contributed by atoms with van der Waals surface area (Å²) in [5.41, 5.74) is 3.74. The van der Waals surface area contributed by atoms with Crippen LogP contribution in [0.4, 0.5) is 0 Å². The number of nitrogens with one attached hydrogen (secondary N) is 1. The van der Waals surface area contributed by atoms with Crippen molar-refractivity contribution >= 4 is 27.4 Å². The molecule has 2 unspecified atom stereocenters. The number of piperidine rings is 1. The Bertz CT molecular complexity index is 1530. The summed E-state index contributed by atoms with van der Waals surface area (Å²) in [6, 6.07) is 11.3. The summed E-state index contributed by atoms with van der Waals surface area (Å²) in [6.45, 7) is 4.47. The third kappa shape index (κ3) is 4.18. The van der Waals surface area contributed by atoms with Gasteiger partial charge in [0, 0.05) is 40.5 Å². The Morgan fingerprint density at radius 3 is 2.71 bits per heavy atom. The molecule has 1 spiro atoms. The summed E-state index contributed by atoms with van der Waals surface area (Å²) in [7, 11) is 0. The molecule has 8 rings (SSSR count). The van der Waals surface area contributed by atoms with Crippen LogP contribution < -0.4 is 0 Å². The van der Waals surface area contributed by atoms with E-state index in [9.17, 15) is 5.11 Å². The standard InChI is InChI=1S/C36H44N4O/c41-36-18-10-4-1-2-5-11-20-39-22-17-30(35(25-39)23-26-13-7-3-6-12-21-40(26)34(35)36)29(24-36)32-33-28(16-19-37-32)27-14-8-9-15-31(27)38-33/h1,4,7-9,13-16,19,24,26,30,34,38,41H,2-3,5-6,10-12,17-18,20-23,25H2/b4-1-,13-7-/t26-,30-,34+,35-,36?/m0/s1. The van der Waals surface area contributed by atoms with Crippen LogP contribution in [-0.2, 0) is 0 Å². The summed E-state index contributed by atoms with van der Waals surface area (Å²) < 4.78 is 0. The molecule has 0 radical (unpaired) electrons. The van der Waals surface area contributed by atoms with Crippen molar-refractivity contribution in [3.63, 3.8) is 0 Å². The summed E-state index contributed by atoms with van der Waals surface area (Å²) in [6.07, 6.45) is 25.2. The van der Waals surface area contributed by atoms with Gasteiger partial charge in [-0.3, -0.25) is 9.88 Å². The number of aromatic amines is 1. The molecule has 2 fully saturated rings. The minimum absolute atomic E-state index is 0.00403. The lowest BCUT2D eigenvalue weighted by Gasteiger charge is -2.58. The van der Waals surface area contributed by atoms with Crippen molar-refractivity contribution in [2.45, 2.75) is 81.9 Å². The van der Waals surface area contributed by atoms with Crippen molar-refractivity contribution in [2.24, 2.45) is 11.3 Å². The summed E-state index contributed by atoms with van der Waals surface area (Å²) >= 11 is 0. The van der Waals surface area contributed by atoms with Crippen LogP contribution in [0.3, 0.4) is 0 Å². The van der Waals surface area contributed by atoms with E-state index in [1.54, 1.807) is 0 Å². The van der Waals surface area contributed by atoms with Gasteiger partial charge in [0.2, 0.25) is 0 Å². The van der Waals surface area contributed by atoms with Crippen LogP contribution in [0.5, 0.6) is 0 Å². The van der Waals surface area contributed by atoms with Crippen LogP contribution in [0.1, 0.15) is 69.9 Å². The van der Waals surface area contributed by atoms with Crippen molar-refractivity contribution in [1.29, 1.82) is 0 Å². The van der Waals surface area contributed by atoms with Gasteiger partial charge in [0.15, 0.2) is 0 Å². The molecule has 2 saturated heterocycles. The van der Waals surface area contributed by atoms with Gasteiger partial charge in [0.05, 0.1) is 22.9 Å². The number of pyridine rings is 1. The third-order valence-corrected chi connectivity index (χ3v) is 11.2. The number of fused-ring (bicyclic) bond motifs is 5. The second kappa shape index (κ2) is 10.2. The number of allylic oxidation sites excluding steroid dienone is 4. The summed E-state index contributed by atoms with van der Waals surface area (Å²) in [5.74, 6) is 0.385. The SMILES string of the molecule is OC12C=C(c3nccc4c3[nH]c3ccccc34)[C@@H]3CCN(CCCC/C=C\CC1)C[C@@]31C[C@@H]3/C=C\CCCCN3[C@@H]21. The van der Waals surface area contributed by atoms with Gasteiger partial charge in [0.1, 0.15) is 0 Å². The molecule has 6 heterocycles. The summed E-state index contributed by atoms with van der Waals surface area (Å²) in [4.78, 5) is 14.4. The van der Waals surface area contributed by atoms with Crippen LogP contribution in [0.15, 0.2) is 66.9 Å². The lowest BCUT2D eigenvalue weighted by Crippen LogP contribution is -2.65. The normalized spacial score (nSPS) is 37.6. The Kier molecular flexibility index (Phi) is 6.46. The first-order chi connectivity index (χ1) is 20.2. The lowest BCUT2D eigenvalue weighted by molar-refractivity contribution is -0.0894. The number of rotatable bonds is 1. The highest BCUT2D eigenvalue weighted by Crippen LogP contribution is 2.61. The highest BCUT2D eigenvalue weighted by molar-refractivity contribution is 6.09. The van der Waals surface area contributed by atoms with E-state index < -0.39 is 5.60 Å². The molecule has 3 bridgehead atoms. The molecule has 6 atom stereocenters. The van der Waals surface area contributed by atoms with Crippen LogP contribution in [-0.4, -0.2) is 68.7 Å². The number of benzene rings is 1. The molecule has 2 aromatic heterocycles. The zero-order chi connectivity index (χ0) is 27.4. The molecule has 3 aromatic rings. The third-order valence-electron chi connectivity index (χ3n) is 11.2. The first-order valence-corrected chi connectivity index (χ1v) is 16.3. The van der Waals surface area contributed by atoms with Crippen molar-refractivity contribution in [1.82, 2.24) is 19.8 Å². The molecule has 0 amide bonds. The predicted octanol–water partition coefficient (Wildman–Crippen LogP) is 6.86. The monoisotopic (exact) mass is 548 g/mol. The fourth-order valence-corrected chi connectivity index (χ4v) is 9.59. The molecular weight excluding hydrogens is 504 g/mol. The molecule has 41 heavy (non-hydrogen) atoms. The Morgan fingerprint density at radius 2 is 1.76 bits per heavy atom. The molecule has 0 saturated carbocycles. The number of nitrogens with zero attached hydrogens (tertiary/aromatic N) is 3. The fourth-order valence-electron chi connectivity index (χ4n) is 9.59. The second-order valence-corrected chi connectivity index (χ2v) is 13.5. The summed E-state index contributed by atoms with van der Waals surface area (Å²) in [5, 5.41) is 15.5. The largest absolute Gasteiger partial charge is 0.384 e. The van der Waals surface area contributed by atoms with Crippen molar-refractivity contribution in [3.8, 4) is 0 Å². The lowest BCUT2D eigenvalue weighted by atomic mass is 9.54. The van der Waals surface area contributed by atoms with E-state index >= 15 is 0 Å². The first kappa shape index (κ1) is 25.9. The molecule has 5 heteroatoms. The molecule has 2 N–H and O–H groups in total. The second-order valence-electron chi connectivity index (χ2n) is 13.5. The van der Waals surface area contributed by atoms with E-state index in [1.165, 1.54) is 55.0 Å². The zero-order valence-corrected chi connectivity index (χ0v) is 24.3. The van der Waals surface area contributed by atoms with E-state index in [-0.39, 0.29) is 11.5 Å². The number of aliphatic hydroxyl groups is 1. The topological polar surface area (TPSA) is 55.4 Å². The number of hydrogen-bond donors (Lipinski definition) is 2. The fraction of sp³-hybridized carbons (Fsp3) is 0.528. The van der Waals surface area contributed by atoms with E-state index in [4.69, 9.17) is 4.98 Å². The molecular formula is C36H44N4O. The van der Waals surface area contributed by atoms with Crippen molar-refractivity contribution in [2.75, 3.05) is 26.2 Å². The molecule has 1 aliphatic carbocycles. The minimum Gasteiger partial charge on any atom is -0.384 e. The number of hydrogen-bond acceptors (Lipinski definition) is 4. The van der Waals surface area contributed by atoms with Gasteiger partial charge in [-0.05, 0) is 114 Å². The maximum Gasteiger partial charge on any atom is 0.0998 e. The highest BCUT2D eigenvalue weighted by Gasteiger charge is 2.65. The Hall–Kier alpha value is -2.73. The van der Waals surface area contributed by atoms with Crippen LogP contribution in [0.25, 0.3) is 27.4 Å². The number of H-pyrrole nitrogens is 1. The Balaban J connectivity index is 1.35. The van der Waals surface area contributed by atoms with Gasteiger partial charge in [-0.1, -0.05) is 42.5 Å². The van der Waals surface area contributed by atoms with Gasteiger partial charge in [0.25, 0.3) is 0 Å². The van der Waals surface area contributed by atoms with E-state index in [2.05, 4.69) is 75.5 Å². The average molecular weight is 549 g/mol. The highest BCUT2D eigenvalue weighted by atomic mass is 16.3. The molecule has 4 aliphatic heterocycles. The predicted molar refractivity (Wildman–Crippen MR) is 168 cm³/mol. The van der Waals surface area contributed by atoms with Crippen molar-refractivity contribution in [3.05, 3.63) is 72.6 Å². The smallest absolute Gasteiger partial charge is 0.0998 e. The van der Waals surface area contributed by atoms with Gasteiger partial charge in [-0.15, -0.1) is 0 Å². The van der Waals surface area contributed by atoms with Gasteiger partial charge < -0.3 is 15.0 Å². The van der Waals surface area contributed by atoms with E-state index in [1.807, 2.05) is 6.20 Å². The van der Waals surface area contributed by atoms with Gasteiger partial charge in [-0.25, -0.2) is 0 Å². The Labute approximate surface area is 244 Å². The maximum absolute atomic E-state index is 13.1. The van der Waals surface area contributed by atoms with Crippen LogP contribution in [0, 0.1) is 11.3 Å². The minimum atomic E-state index is -0.898. The van der Waals surface area contributed by atoms with Crippen LogP contribution >= 0.6 is 0 Å². The molecule has 5 aliphatic rings. The number of para-hydroxylation sites is 1. The maximum atomic E-state index is 13.1. The first-order valence-electron chi connectivity index (χ1n) is 16.3. The molecule has 214 valence electrons. The van der Waals surface area contributed by atoms with Crippen LogP contribution in [0.2, 0.25) is 0 Å². The van der Waals surface area contributed by atoms with Crippen molar-refractivity contribution < 1.29 is 5.11 Å². The Morgan fingerprint density at radius 1 is 0.902 bits per heavy atom. The average Bonchev–Trinajstić information content (AvgIpc) is 3.49. The van der Waals surface area contributed by atoms with E-state index in [0.717, 1.165) is 68.5 Å². The van der Waals surface area contributed by atoms with E-state index in [0.29, 0.717) is 12.0 Å². The molecule has 5 nitrogen and oxygen atoms in total. The zero-order valence-electron chi connectivity index (χ0n) is 24.3. The van der Waals surface area contributed by atoms with Gasteiger partial charge >= 0.3 is 0 Å². The number of aromatic nitrogens is 2. The molecule has 1 aromatic carbocycles. The quantitative estimate of drug-likeness (QED) is 0.326.